The SMILES string of the molecule is O=C(Nc1ccc2c(c1)OCO2)c1ccnc(NCc2ccccc2F)n1. The molecule has 1 aromatic heterocycles. The lowest BCUT2D eigenvalue weighted by atomic mass is 10.2. The molecule has 0 fully saturated rings. The summed E-state index contributed by atoms with van der Waals surface area (Å²) < 4.78 is 24.2. The van der Waals surface area contributed by atoms with Gasteiger partial charge in [-0.1, -0.05) is 18.2 Å². The molecular formula is C19H15FN4O3. The number of anilines is 2. The highest BCUT2D eigenvalue weighted by Gasteiger charge is 2.15. The standard InChI is InChI=1S/C19H15FN4O3/c20-14-4-2-1-3-12(14)10-22-19-21-8-7-15(24-19)18(25)23-13-5-6-16-17(9-13)27-11-26-16/h1-9H,10-11H2,(H,23,25)(H,21,22,24). The molecule has 1 aliphatic rings. The fourth-order valence-corrected chi connectivity index (χ4v) is 2.56. The van der Waals surface area contributed by atoms with Crippen molar-refractivity contribution in [2.45, 2.75) is 6.54 Å². The summed E-state index contributed by atoms with van der Waals surface area (Å²) in [5.41, 5.74) is 1.22. The quantitative estimate of drug-likeness (QED) is 0.721. The van der Waals surface area contributed by atoms with E-state index in [2.05, 4.69) is 20.6 Å². The number of nitrogens with zero attached hydrogens (tertiary/aromatic N) is 2. The normalized spacial score (nSPS) is 11.9. The topological polar surface area (TPSA) is 85.4 Å². The number of carbonyl (C=O) groups is 1. The average Bonchev–Trinajstić information content (AvgIpc) is 3.15. The van der Waals surface area contributed by atoms with E-state index in [0.717, 1.165) is 0 Å². The van der Waals surface area contributed by atoms with Gasteiger partial charge >= 0.3 is 0 Å². The molecule has 2 aromatic carbocycles. The lowest BCUT2D eigenvalue weighted by molar-refractivity contribution is 0.102. The van der Waals surface area contributed by atoms with Crippen LogP contribution in [0.3, 0.4) is 0 Å². The predicted octanol–water partition coefficient (Wildman–Crippen LogP) is 3.21. The Bertz CT molecular complexity index is 996. The molecule has 0 aliphatic carbocycles. The molecule has 27 heavy (non-hydrogen) atoms. The maximum absolute atomic E-state index is 13.7. The number of rotatable bonds is 5. The number of ether oxygens (including phenoxy) is 2. The number of aromatic nitrogens is 2. The maximum atomic E-state index is 13.7. The molecule has 3 aromatic rings. The smallest absolute Gasteiger partial charge is 0.274 e. The van der Waals surface area contributed by atoms with E-state index in [-0.39, 0.29) is 30.8 Å². The van der Waals surface area contributed by atoms with Gasteiger partial charge in [0.15, 0.2) is 11.5 Å². The van der Waals surface area contributed by atoms with Crippen molar-refractivity contribution < 1.29 is 18.7 Å². The zero-order chi connectivity index (χ0) is 18.6. The van der Waals surface area contributed by atoms with Crippen molar-refractivity contribution in [1.82, 2.24) is 9.97 Å². The second-order valence-corrected chi connectivity index (χ2v) is 5.73. The molecule has 0 radical (unpaired) electrons. The molecular weight excluding hydrogens is 351 g/mol. The summed E-state index contributed by atoms with van der Waals surface area (Å²) in [6.45, 7) is 0.371. The van der Waals surface area contributed by atoms with Crippen LogP contribution in [0, 0.1) is 5.82 Å². The molecule has 0 spiro atoms. The van der Waals surface area contributed by atoms with Crippen LogP contribution in [0.5, 0.6) is 11.5 Å². The summed E-state index contributed by atoms with van der Waals surface area (Å²) in [6.07, 6.45) is 1.46. The van der Waals surface area contributed by atoms with Crippen LogP contribution in [0.25, 0.3) is 0 Å². The van der Waals surface area contributed by atoms with Gasteiger partial charge in [0.2, 0.25) is 12.7 Å². The third-order valence-electron chi connectivity index (χ3n) is 3.91. The van der Waals surface area contributed by atoms with Gasteiger partial charge in [0, 0.05) is 30.1 Å². The van der Waals surface area contributed by atoms with Gasteiger partial charge in [0.25, 0.3) is 5.91 Å². The van der Waals surface area contributed by atoms with Gasteiger partial charge in [0.05, 0.1) is 0 Å². The number of fused-ring (bicyclic) bond motifs is 1. The fraction of sp³-hybridized carbons (Fsp3) is 0.105. The van der Waals surface area contributed by atoms with E-state index in [1.807, 2.05) is 0 Å². The van der Waals surface area contributed by atoms with Crippen LogP contribution in [-0.4, -0.2) is 22.7 Å². The molecule has 0 atom stereocenters. The second kappa shape index (κ2) is 7.28. The Labute approximate surface area is 154 Å². The molecule has 0 unspecified atom stereocenters. The number of nitrogens with one attached hydrogen (secondary N) is 2. The number of carbonyl (C=O) groups excluding carboxylic acids is 1. The Kier molecular flexibility index (Phi) is 4.52. The lowest BCUT2D eigenvalue weighted by Crippen LogP contribution is -2.15. The van der Waals surface area contributed by atoms with Crippen molar-refractivity contribution in [1.29, 1.82) is 0 Å². The number of halogens is 1. The van der Waals surface area contributed by atoms with Crippen LogP contribution < -0.4 is 20.1 Å². The number of amides is 1. The Morgan fingerprint density at radius 2 is 1.96 bits per heavy atom. The zero-order valence-corrected chi connectivity index (χ0v) is 14.1. The number of hydrogen-bond acceptors (Lipinski definition) is 6. The first-order valence-corrected chi connectivity index (χ1v) is 8.20. The van der Waals surface area contributed by atoms with Crippen LogP contribution in [0.4, 0.5) is 16.0 Å². The van der Waals surface area contributed by atoms with E-state index in [1.54, 1.807) is 36.4 Å². The highest BCUT2D eigenvalue weighted by molar-refractivity contribution is 6.03. The summed E-state index contributed by atoms with van der Waals surface area (Å²) in [5.74, 6) is 0.723. The first-order valence-electron chi connectivity index (χ1n) is 8.20. The summed E-state index contributed by atoms with van der Waals surface area (Å²) in [4.78, 5) is 20.7. The molecule has 1 amide bonds. The molecule has 0 saturated heterocycles. The second-order valence-electron chi connectivity index (χ2n) is 5.73. The van der Waals surface area contributed by atoms with E-state index in [1.165, 1.54) is 18.3 Å². The van der Waals surface area contributed by atoms with Crippen LogP contribution in [0.2, 0.25) is 0 Å². The summed E-state index contributed by atoms with van der Waals surface area (Å²) in [7, 11) is 0. The summed E-state index contributed by atoms with van der Waals surface area (Å²) in [6, 6.07) is 13.0. The minimum atomic E-state index is -0.398. The van der Waals surface area contributed by atoms with Gasteiger partial charge in [-0.3, -0.25) is 4.79 Å². The molecule has 2 N–H and O–H groups in total. The van der Waals surface area contributed by atoms with E-state index >= 15 is 0 Å². The summed E-state index contributed by atoms with van der Waals surface area (Å²) in [5, 5.41) is 5.66. The van der Waals surface area contributed by atoms with Crippen LogP contribution in [-0.2, 0) is 6.54 Å². The molecule has 136 valence electrons. The van der Waals surface area contributed by atoms with Crippen LogP contribution >= 0.6 is 0 Å². The zero-order valence-electron chi connectivity index (χ0n) is 14.1. The lowest BCUT2D eigenvalue weighted by Gasteiger charge is -2.08. The van der Waals surface area contributed by atoms with Gasteiger partial charge in [-0.2, -0.15) is 0 Å². The van der Waals surface area contributed by atoms with E-state index in [0.29, 0.717) is 22.7 Å². The van der Waals surface area contributed by atoms with Gasteiger partial charge in [-0.25, -0.2) is 14.4 Å². The van der Waals surface area contributed by atoms with Gasteiger partial charge in [-0.15, -0.1) is 0 Å². The molecule has 0 bridgehead atoms. The molecule has 1 aliphatic heterocycles. The van der Waals surface area contributed by atoms with Crippen molar-refractivity contribution in [3.63, 3.8) is 0 Å². The monoisotopic (exact) mass is 366 g/mol. The van der Waals surface area contributed by atoms with Crippen molar-refractivity contribution >= 4 is 17.5 Å². The first kappa shape index (κ1) is 16.8. The van der Waals surface area contributed by atoms with E-state index in [4.69, 9.17) is 9.47 Å². The molecule has 0 saturated carbocycles. The predicted molar refractivity (Wildman–Crippen MR) is 96.3 cm³/mol. The molecule has 2 heterocycles. The fourth-order valence-electron chi connectivity index (χ4n) is 2.56. The average molecular weight is 366 g/mol. The highest BCUT2D eigenvalue weighted by atomic mass is 19.1. The Morgan fingerprint density at radius 3 is 2.85 bits per heavy atom. The third kappa shape index (κ3) is 3.79. The van der Waals surface area contributed by atoms with Gasteiger partial charge in [0.1, 0.15) is 11.5 Å². The number of benzene rings is 2. The molecule has 8 heteroatoms. The molecule has 4 rings (SSSR count). The first-order chi connectivity index (χ1) is 13.2. The number of hydrogen-bond donors (Lipinski definition) is 2. The minimum absolute atomic E-state index is 0.162. The van der Waals surface area contributed by atoms with E-state index < -0.39 is 5.91 Å². The van der Waals surface area contributed by atoms with E-state index in [9.17, 15) is 9.18 Å². The van der Waals surface area contributed by atoms with Crippen molar-refractivity contribution in [3.05, 3.63) is 71.8 Å². The summed E-state index contributed by atoms with van der Waals surface area (Å²) >= 11 is 0. The Balaban J connectivity index is 1.44. The van der Waals surface area contributed by atoms with Crippen molar-refractivity contribution in [2.24, 2.45) is 0 Å². The van der Waals surface area contributed by atoms with Crippen LogP contribution in [0.15, 0.2) is 54.7 Å². The maximum Gasteiger partial charge on any atom is 0.274 e. The van der Waals surface area contributed by atoms with Crippen LogP contribution in [0.1, 0.15) is 16.1 Å². The van der Waals surface area contributed by atoms with Gasteiger partial charge < -0.3 is 20.1 Å². The third-order valence-corrected chi connectivity index (χ3v) is 3.91. The van der Waals surface area contributed by atoms with Crippen molar-refractivity contribution in [2.75, 3.05) is 17.4 Å². The highest BCUT2D eigenvalue weighted by Crippen LogP contribution is 2.34. The van der Waals surface area contributed by atoms with Gasteiger partial charge in [-0.05, 0) is 24.3 Å². The molecule has 7 nitrogen and oxygen atoms in total. The van der Waals surface area contributed by atoms with Crippen molar-refractivity contribution in [3.8, 4) is 11.5 Å². The Morgan fingerprint density at radius 1 is 1.11 bits per heavy atom. The largest absolute Gasteiger partial charge is 0.454 e. The minimum Gasteiger partial charge on any atom is -0.454 e. The Hall–Kier alpha value is -3.68.